The van der Waals surface area contributed by atoms with Crippen molar-refractivity contribution < 1.29 is 9.53 Å². The maximum Gasteiger partial charge on any atom is 0.243 e. The summed E-state index contributed by atoms with van der Waals surface area (Å²) in [5.41, 5.74) is -0.347. The Balaban J connectivity index is 2.11. The zero-order chi connectivity index (χ0) is 15.1. The minimum Gasteiger partial charge on any atom is -0.383 e. The van der Waals surface area contributed by atoms with Crippen LogP contribution in [0.3, 0.4) is 0 Å². The van der Waals surface area contributed by atoms with Gasteiger partial charge in [0.25, 0.3) is 0 Å². The Morgan fingerprint density at radius 1 is 1.57 bits per heavy atom. The van der Waals surface area contributed by atoms with Crippen LogP contribution in [0, 0.1) is 0 Å². The molecule has 1 atom stereocenters. The number of hydrogen-bond donors (Lipinski definition) is 1. The first kappa shape index (κ1) is 16.5. The Kier molecular flexibility index (Phi) is 6.21. The second-order valence-electron chi connectivity index (χ2n) is 5.66. The molecule has 2 rings (SSSR count). The Hall–Kier alpha value is -0.910. The number of amides is 1. The Morgan fingerprint density at radius 3 is 3.00 bits per heavy atom. The molecule has 0 bridgehead atoms. The van der Waals surface area contributed by atoms with Crippen molar-refractivity contribution in [2.24, 2.45) is 0 Å². The van der Waals surface area contributed by atoms with E-state index in [9.17, 15) is 4.79 Å². The van der Waals surface area contributed by atoms with Crippen molar-refractivity contribution in [2.75, 3.05) is 26.8 Å². The lowest BCUT2D eigenvalue weighted by Crippen LogP contribution is -2.55. The lowest BCUT2D eigenvalue weighted by Gasteiger charge is -2.34. The monoisotopic (exact) mass is 310 g/mol. The predicted molar refractivity (Wildman–Crippen MR) is 86.5 cm³/mol. The third-order valence-electron chi connectivity index (χ3n) is 4.11. The first-order chi connectivity index (χ1) is 10.2. The predicted octanol–water partition coefficient (Wildman–Crippen LogP) is 2.65. The van der Waals surface area contributed by atoms with Gasteiger partial charge < -0.3 is 15.0 Å². The maximum atomic E-state index is 13.1. The summed E-state index contributed by atoms with van der Waals surface area (Å²) in [7, 11) is 1.68. The standard InChI is InChI=1S/C16H26N2O2S/c1-3-7-16(8-5-9-17-16)15(19)18(10-11-20-2)13-14-6-4-12-21-14/h4,6,12,17H,3,5,7-11,13H2,1-2H3. The van der Waals surface area contributed by atoms with E-state index in [1.165, 1.54) is 4.88 Å². The summed E-state index contributed by atoms with van der Waals surface area (Å²) in [6.45, 7) is 5.02. The molecule has 2 heterocycles. The van der Waals surface area contributed by atoms with Crippen molar-refractivity contribution in [1.82, 2.24) is 10.2 Å². The van der Waals surface area contributed by atoms with Crippen molar-refractivity contribution in [3.05, 3.63) is 22.4 Å². The molecule has 1 aliphatic rings. The highest BCUT2D eigenvalue weighted by molar-refractivity contribution is 7.09. The van der Waals surface area contributed by atoms with Gasteiger partial charge in [0.1, 0.15) is 0 Å². The number of carbonyl (C=O) groups excluding carboxylic acids is 1. The second-order valence-corrected chi connectivity index (χ2v) is 6.69. The molecular formula is C16H26N2O2S. The molecule has 0 spiro atoms. The fourth-order valence-electron chi connectivity index (χ4n) is 3.08. The molecule has 0 aromatic carbocycles. The van der Waals surface area contributed by atoms with Crippen molar-refractivity contribution in [1.29, 1.82) is 0 Å². The van der Waals surface area contributed by atoms with E-state index in [0.717, 1.165) is 32.2 Å². The average Bonchev–Trinajstić information content (AvgIpc) is 3.15. The molecular weight excluding hydrogens is 284 g/mol. The highest BCUT2D eigenvalue weighted by atomic mass is 32.1. The van der Waals surface area contributed by atoms with Gasteiger partial charge >= 0.3 is 0 Å². The molecule has 1 aromatic rings. The third-order valence-corrected chi connectivity index (χ3v) is 4.97. The number of nitrogens with zero attached hydrogens (tertiary/aromatic N) is 1. The lowest BCUT2D eigenvalue weighted by molar-refractivity contribution is -0.139. The Morgan fingerprint density at radius 2 is 2.43 bits per heavy atom. The molecule has 0 saturated carbocycles. The molecule has 1 unspecified atom stereocenters. The van der Waals surface area contributed by atoms with E-state index < -0.39 is 0 Å². The molecule has 1 saturated heterocycles. The minimum absolute atomic E-state index is 0.243. The number of methoxy groups -OCH3 is 1. The molecule has 1 aliphatic heterocycles. The van der Waals surface area contributed by atoms with Gasteiger partial charge in [-0.2, -0.15) is 0 Å². The molecule has 1 N–H and O–H groups in total. The van der Waals surface area contributed by atoms with E-state index in [4.69, 9.17) is 4.74 Å². The molecule has 1 fully saturated rings. The van der Waals surface area contributed by atoms with Crippen molar-refractivity contribution in [3.8, 4) is 0 Å². The van der Waals surface area contributed by atoms with Gasteiger partial charge in [-0.05, 0) is 37.3 Å². The molecule has 0 radical (unpaired) electrons. The van der Waals surface area contributed by atoms with Gasteiger partial charge in [-0.15, -0.1) is 11.3 Å². The smallest absolute Gasteiger partial charge is 0.243 e. The molecule has 118 valence electrons. The van der Waals surface area contributed by atoms with E-state index in [1.807, 2.05) is 11.0 Å². The number of nitrogens with one attached hydrogen (secondary N) is 1. The van der Waals surface area contributed by atoms with E-state index in [1.54, 1.807) is 18.4 Å². The summed E-state index contributed by atoms with van der Waals surface area (Å²) in [6.07, 6.45) is 3.98. The fourth-order valence-corrected chi connectivity index (χ4v) is 3.80. The first-order valence-corrected chi connectivity index (χ1v) is 8.65. The number of ether oxygens (including phenoxy) is 1. The van der Waals surface area contributed by atoms with E-state index in [-0.39, 0.29) is 11.4 Å². The third kappa shape index (κ3) is 4.05. The van der Waals surface area contributed by atoms with Gasteiger partial charge in [-0.1, -0.05) is 19.4 Å². The van der Waals surface area contributed by atoms with E-state index >= 15 is 0 Å². The first-order valence-electron chi connectivity index (χ1n) is 7.77. The molecule has 1 amide bonds. The van der Waals surface area contributed by atoms with Crippen LogP contribution in [0.1, 0.15) is 37.5 Å². The molecule has 0 aliphatic carbocycles. The van der Waals surface area contributed by atoms with Crippen molar-refractivity contribution >= 4 is 17.2 Å². The topological polar surface area (TPSA) is 41.6 Å². The van der Waals surface area contributed by atoms with Crippen LogP contribution >= 0.6 is 11.3 Å². The Bertz CT molecular complexity index is 427. The summed E-state index contributed by atoms with van der Waals surface area (Å²) in [5.74, 6) is 0.243. The zero-order valence-corrected chi connectivity index (χ0v) is 13.9. The second kappa shape index (κ2) is 7.92. The van der Waals surface area contributed by atoms with Gasteiger partial charge in [-0.3, -0.25) is 4.79 Å². The minimum atomic E-state index is -0.347. The highest BCUT2D eigenvalue weighted by Crippen LogP contribution is 2.28. The van der Waals surface area contributed by atoms with Gasteiger partial charge in [0.2, 0.25) is 5.91 Å². The number of hydrogen-bond acceptors (Lipinski definition) is 4. The summed E-state index contributed by atoms with van der Waals surface area (Å²) >= 11 is 1.70. The zero-order valence-electron chi connectivity index (χ0n) is 13.1. The number of thiophene rings is 1. The summed E-state index contributed by atoms with van der Waals surface area (Å²) in [5, 5.41) is 5.54. The van der Waals surface area contributed by atoms with Crippen LogP contribution in [0.15, 0.2) is 17.5 Å². The summed E-state index contributed by atoms with van der Waals surface area (Å²) < 4.78 is 5.19. The highest BCUT2D eigenvalue weighted by Gasteiger charge is 2.42. The quantitative estimate of drug-likeness (QED) is 0.802. The van der Waals surface area contributed by atoms with Gasteiger partial charge in [0.15, 0.2) is 0 Å². The van der Waals surface area contributed by atoms with Crippen LogP contribution in [0.5, 0.6) is 0 Å². The summed E-state index contributed by atoms with van der Waals surface area (Å²) in [4.78, 5) is 16.3. The van der Waals surface area contributed by atoms with Crippen LogP contribution in [-0.2, 0) is 16.1 Å². The van der Waals surface area contributed by atoms with Crippen LogP contribution in [-0.4, -0.2) is 43.2 Å². The molecule has 21 heavy (non-hydrogen) atoms. The Labute approximate surface area is 131 Å². The van der Waals surface area contributed by atoms with Gasteiger partial charge in [0, 0.05) is 18.5 Å². The lowest BCUT2D eigenvalue weighted by atomic mass is 9.90. The fraction of sp³-hybridized carbons (Fsp3) is 0.688. The van der Waals surface area contributed by atoms with Crippen LogP contribution in [0.4, 0.5) is 0 Å². The maximum absolute atomic E-state index is 13.1. The molecule has 1 aromatic heterocycles. The summed E-state index contributed by atoms with van der Waals surface area (Å²) in [6, 6.07) is 4.13. The number of carbonyl (C=O) groups is 1. The molecule has 5 heteroatoms. The van der Waals surface area contributed by atoms with Gasteiger partial charge in [0.05, 0.1) is 18.7 Å². The number of rotatable bonds is 8. The van der Waals surface area contributed by atoms with Crippen molar-refractivity contribution in [2.45, 2.75) is 44.7 Å². The van der Waals surface area contributed by atoms with Crippen LogP contribution < -0.4 is 5.32 Å². The molecule has 4 nitrogen and oxygen atoms in total. The van der Waals surface area contributed by atoms with Gasteiger partial charge in [-0.25, -0.2) is 0 Å². The van der Waals surface area contributed by atoms with Crippen molar-refractivity contribution in [3.63, 3.8) is 0 Å². The SMILES string of the molecule is CCCC1(C(=O)N(CCOC)Cc2cccs2)CCCN1. The largest absolute Gasteiger partial charge is 0.383 e. The van der Waals surface area contributed by atoms with E-state index in [2.05, 4.69) is 23.7 Å². The van der Waals surface area contributed by atoms with Crippen LogP contribution in [0.25, 0.3) is 0 Å². The van der Waals surface area contributed by atoms with E-state index in [0.29, 0.717) is 19.7 Å². The van der Waals surface area contributed by atoms with Crippen LogP contribution in [0.2, 0.25) is 0 Å². The normalized spacial score (nSPS) is 21.6. The average molecular weight is 310 g/mol.